The molecule has 2 amide bonds. The van der Waals surface area contributed by atoms with E-state index in [2.05, 4.69) is 15.1 Å². The normalized spacial score (nSPS) is 21.2. The summed E-state index contributed by atoms with van der Waals surface area (Å²) in [5.41, 5.74) is 0.986. The lowest BCUT2D eigenvalue weighted by Crippen LogP contribution is -2.89. The molecule has 1 aliphatic carbocycles. The molecule has 0 spiro atoms. The van der Waals surface area contributed by atoms with E-state index in [0.717, 1.165) is 23.2 Å². The number of aromatic nitrogens is 2. The second-order valence-corrected chi connectivity index (χ2v) is 9.46. The van der Waals surface area contributed by atoms with Crippen LogP contribution in [0.2, 0.25) is 0 Å². The van der Waals surface area contributed by atoms with Gasteiger partial charge in [0.1, 0.15) is 17.4 Å². The van der Waals surface area contributed by atoms with Crippen molar-refractivity contribution in [1.29, 1.82) is 0 Å². The number of amides is 2. The van der Waals surface area contributed by atoms with Gasteiger partial charge < -0.3 is 14.5 Å². The quantitative estimate of drug-likeness (QED) is 0.693. The number of hydrogen-bond donors (Lipinski definition) is 1. The van der Waals surface area contributed by atoms with Crippen molar-refractivity contribution in [3.8, 4) is 0 Å². The van der Waals surface area contributed by atoms with Crippen LogP contribution in [0.4, 0.5) is 25.7 Å². The van der Waals surface area contributed by atoms with Crippen LogP contribution in [0.5, 0.6) is 0 Å². The van der Waals surface area contributed by atoms with E-state index in [0.29, 0.717) is 43.5 Å². The molecule has 0 bridgehead atoms. The van der Waals surface area contributed by atoms with Gasteiger partial charge in [0, 0.05) is 32.1 Å². The molecule has 2 saturated heterocycles. The molecule has 9 nitrogen and oxygen atoms in total. The molecule has 0 unspecified atom stereocenters. The topological polar surface area (TPSA) is 95.5 Å². The fourth-order valence-corrected chi connectivity index (χ4v) is 5.13. The van der Waals surface area contributed by atoms with Crippen LogP contribution in [-0.2, 0) is 9.53 Å². The van der Waals surface area contributed by atoms with Crippen molar-refractivity contribution in [2.24, 2.45) is 0 Å². The zero-order valence-corrected chi connectivity index (χ0v) is 18.7. The third kappa shape index (κ3) is 4.40. The van der Waals surface area contributed by atoms with Gasteiger partial charge in [-0.3, -0.25) is 10.2 Å². The van der Waals surface area contributed by atoms with Crippen LogP contribution in [0.25, 0.3) is 0 Å². The number of primary amides is 1. The Bertz CT molecular complexity index is 1020. The van der Waals surface area contributed by atoms with Crippen molar-refractivity contribution < 1.29 is 24.0 Å². The van der Waals surface area contributed by atoms with Gasteiger partial charge in [-0.2, -0.15) is 0 Å². The van der Waals surface area contributed by atoms with E-state index in [9.17, 15) is 14.0 Å². The van der Waals surface area contributed by atoms with Crippen LogP contribution < -0.4 is 20.0 Å². The summed E-state index contributed by atoms with van der Waals surface area (Å²) in [4.78, 5) is 29.0. The smallest absolute Gasteiger partial charge is 0.414 e. The van der Waals surface area contributed by atoms with Crippen LogP contribution in [0.3, 0.4) is 0 Å². The average molecular weight is 462 g/mol. The monoisotopic (exact) mass is 461 g/mol. The second kappa shape index (κ2) is 8.62. The molecule has 170 valence electrons. The van der Waals surface area contributed by atoms with Crippen LogP contribution in [0.1, 0.15) is 30.7 Å². The highest BCUT2D eigenvalue weighted by molar-refractivity contribution is 7.15. The minimum absolute atomic E-state index is 0.0653. The molecule has 2 N–H and O–H groups in total. The fraction of sp³-hybridized carbons (Fsp3) is 0.524. The first-order chi connectivity index (χ1) is 15.5. The van der Waals surface area contributed by atoms with E-state index in [1.54, 1.807) is 23.5 Å². The SMILES string of the molecule is CC(=O)[NH2+]C[C@H]1CN(c2ccc(N3CCN(c4nnc(C5CC5)s4)CC3)c(F)c2)C(=O)O1. The lowest BCUT2D eigenvalue weighted by molar-refractivity contribution is -0.573. The molecule has 11 heteroatoms. The third-order valence-corrected chi connectivity index (χ3v) is 7.18. The van der Waals surface area contributed by atoms with Crippen molar-refractivity contribution in [3.05, 3.63) is 29.0 Å². The van der Waals surface area contributed by atoms with E-state index >= 15 is 0 Å². The van der Waals surface area contributed by atoms with Crippen molar-refractivity contribution in [1.82, 2.24) is 10.2 Å². The molecule has 2 aliphatic heterocycles. The number of anilines is 3. The molecule has 3 fully saturated rings. The average Bonchev–Trinajstić information content (AvgIpc) is 3.39. The zero-order chi connectivity index (χ0) is 22.2. The number of rotatable bonds is 6. The zero-order valence-electron chi connectivity index (χ0n) is 17.9. The summed E-state index contributed by atoms with van der Waals surface area (Å²) in [5, 5.41) is 12.2. The molecule has 1 atom stereocenters. The van der Waals surface area contributed by atoms with E-state index in [4.69, 9.17) is 4.74 Å². The lowest BCUT2D eigenvalue weighted by Gasteiger charge is -2.36. The standard InChI is InChI=1S/C21H25FN6O3S/c1-13(29)23-11-16-12-28(21(30)31-16)15-4-5-18(17(22)10-15)26-6-8-27(9-7-26)20-25-24-19(32-20)14-2-3-14/h4-5,10,14,16H,2-3,6-9,11-12H2,1H3,(H,23,29)/p+1/t16-/m0/s1. The van der Waals surface area contributed by atoms with Gasteiger partial charge in [0.15, 0.2) is 6.10 Å². The molecule has 2 aromatic rings. The highest BCUT2D eigenvalue weighted by Gasteiger charge is 2.34. The summed E-state index contributed by atoms with van der Waals surface area (Å²) >= 11 is 1.67. The molecular formula is C21H26FN6O3S+. The molecule has 0 radical (unpaired) electrons. The summed E-state index contributed by atoms with van der Waals surface area (Å²) in [6.07, 6.45) is 1.51. The number of piperazine rings is 1. The fourth-order valence-electron chi connectivity index (χ4n) is 4.06. The third-order valence-electron chi connectivity index (χ3n) is 6.03. The number of nitrogens with two attached hydrogens (primary N) is 1. The van der Waals surface area contributed by atoms with Crippen LogP contribution >= 0.6 is 11.3 Å². The molecule has 1 saturated carbocycles. The lowest BCUT2D eigenvalue weighted by atomic mass is 10.2. The van der Waals surface area contributed by atoms with Crippen molar-refractivity contribution in [2.45, 2.75) is 31.8 Å². The Morgan fingerprint density at radius 3 is 2.66 bits per heavy atom. The number of quaternary nitrogens is 1. The minimum atomic E-state index is -0.518. The first-order valence-electron chi connectivity index (χ1n) is 10.9. The minimum Gasteiger partial charge on any atom is -0.438 e. The van der Waals surface area contributed by atoms with Gasteiger partial charge in [-0.25, -0.2) is 14.0 Å². The number of benzene rings is 1. The Morgan fingerprint density at radius 2 is 1.97 bits per heavy atom. The Balaban J connectivity index is 1.20. The summed E-state index contributed by atoms with van der Waals surface area (Å²) in [5.74, 6) is 0.171. The number of cyclic esters (lactones) is 1. The maximum Gasteiger partial charge on any atom is 0.414 e. The molecule has 5 rings (SSSR count). The Kier molecular flexibility index (Phi) is 5.68. The van der Waals surface area contributed by atoms with Gasteiger partial charge in [-0.05, 0) is 31.0 Å². The van der Waals surface area contributed by atoms with E-state index in [1.807, 2.05) is 4.90 Å². The Hall–Kier alpha value is -2.79. The maximum atomic E-state index is 15.0. The molecule has 1 aromatic carbocycles. The van der Waals surface area contributed by atoms with Crippen LogP contribution in [-0.4, -0.2) is 67.6 Å². The number of halogens is 1. The second-order valence-electron chi connectivity index (χ2n) is 8.47. The van der Waals surface area contributed by atoms with Crippen LogP contribution in [0.15, 0.2) is 18.2 Å². The van der Waals surface area contributed by atoms with Gasteiger partial charge in [-0.15, -0.1) is 10.2 Å². The Morgan fingerprint density at radius 1 is 1.22 bits per heavy atom. The highest BCUT2D eigenvalue weighted by atomic mass is 32.1. The van der Waals surface area contributed by atoms with E-state index < -0.39 is 12.2 Å². The summed E-state index contributed by atoms with van der Waals surface area (Å²) in [6.45, 7) is 5.00. The largest absolute Gasteiger partial charge is 0.438 e. The number of carbonyl (C=O) groups is 2. The molecule has 3 heterocycles. The maximum absolute atomic E-state index is 15.0. The molecule has 3 aliphatic rings. The van der Waals surface area contributed by atoms with Crippen molar-refractivity contribution >= 4 is 39.8 Å². The number of ether oxygens (including phenoxy) is 1. The predicted octanol–water partition coefficient (Wildman–Crippen LogP) is 1.32. The van der Waals surface area contributed by atoms with E-state index in [1.165, 1.54) is 36.0 Å². The van der Waals surface area contributed by atoms with Gasteiger partial charge in [-0.1, -0.05) is 11.3 Å². The molecule has 1 aromatic heterocycles. The summed E-state index contributed by atoms with van der Waals surface area (Å²) in [6, 6.07) is 4.85. The van der Waals surface area contributed by atoms with Gasteiger partial charge >= 0.3 is 12.0 Å². The summed E-state index contributed by atoms with van der Waals surface area (Å²) < 4.78 is 20.3. The predicted molar refractivity (Wildman–Crippen MR) is 118 cm³/mol. The van der Waals surface area contributed by atoms with Crippen LogP contribution in [0, 0.1) is 5.82 Å². The first-order valence-corrected chi connectivity index (χ1v) is 11.7. The highest BCUT2D eigenvalue weighted by Crippen LogP contribution is 2.42. The Labute approximate surface area is 189 Å². The molecular weight excluding hydrogens is 435 g/mol. The number of nitrogens with zero attached hydrogens (tertiary/aromatic N) is 5. The molecule has 32 heavy (non-hydrogen) atoms. The summed E-state index contributed by atoms with van der Waals surface area (Å²) in [7, 11) is 0. The van der Waals surface area contributed by atoms with Gasteiger partial charge in [0.2, 0.25) is 5.13 Å². The first kappa shape index (κ1) is 21.1. The van der Waals surface area contributed by atoms with Gasteiger partial charge in [0.05, 0.1) is 24.8 Å². The number of hydrogen-bond acceptors (Lipinski definition) is 8. The van der Waals surface area contributed by atoms with Crippen molar-refractivity contribution in [2.75, 3.05) is 54.0 Å². The van der Waals surface area contributed by atoms with E-state index in [-0.39, 0.29) is 11.7 Å². The van der Waals surface area contributed by atoms with Crippen molar-refractivity contribution in [3.63, 3.8) is 0 Å². The van der Waals surface area contributed by atoms with Gasteiger partial charge in [0.25, 0.3) is 0 Å². The number of carbonyl (C=O) groups excluding carboxylic acids is 2.